The molecule has 0 atom stereocenters. The lowest BCUT2D eigenvalue weighted by atomic mass is 9.99. The van der Waals surface area contributed by atoms with Gasteiger partial charge >= 0.3 is 6.18 Å². The van der Waals surface area contributed by atoms with Gasteiger partial charge in [0.25, 0.3) is 0 Å². The summed E-state index contributed by atoms with van der Waals surface area (Å²) in [6.45, 7) is 4.22. The van der Waals surface area contributed by atoms with Crippen LogP contribution in [0, 0.1) is 5.92 Å². The average Bonchev–Trinajstić information content (AvgIpc) is 2.72. The molecule has 174 valence electrons. The zero-order valence-electron chi connectivity index (χ0n) is 17.8. The first-order valence-electron chi connectivity index (χ1n) is 10.2. The van der Waals surface area contributed by atoms with Crippen molar-refractivity contribution in [2.45, 2.75) is 39.0 Å². The molecule has 0 aliphatic carbocycles. The molecular weight excluding hydrogens is 447 g/mol. The van der Waals surface area contributed by atoms with Gasteiger partial charge < -0.3 is 14.6 Å². The van der Waals surface area contributed by atoms with Crippen molar-refractivity contribution >= 4 is 23.2 Å². The van der Waals surface area contributed by atoms with Crippen LogP contribution in [0.25, 0.3) is 0 Å². The normalized spacial score (nSPS) is 15.6. The lowest BCUT2D eigenvalue weighted by Crippen LogP contribution is -2.34. The van der Waals surface area contributed by atoms with E-state index in [2.05, 4.69) is 17.1 Å². The highest BCUT2D eigenvalue weighted by molar-refractivity contribution is 6.33. The second kappa shape index (κ2) is 9.95. The molecule has 2 heterocycles. The Labute approximate surface area is 188 Å². The number of aromatic nitrogens is 1. The van der Waals surface area contributed by atoms with Crippen LogP contribution < -0.4 is 15.5 Å². The average molecular weight is 472 g/mol. The first-order chi connectivity index (χ1) is 15.1. The van der Waals surface area contributed by atoms with E-state index in [0.717, 1.165) is 44.1 Å². The molecule has 1 N–H and O–H groups in total. The molecule has 2 aromatic rings. The first-order valence-corrected chi connectivity index (χ1v) is 10.6. The van der Waals surface area contributed by atoms with Crippen molar-refractivity contribution in [1.29, 1.82) is 0 Å². The van der Waals surface area contributed by atoms with Crippen molar-refractivity contribution in [3.63, 3.8) is 0 Å². The predicted octanol–water partition coefficient (Wildman–Crippen LogP) is 4.40. The Morgan fingerprint density at radius 3 is 2.56 bits per heavy atom. The Morgan fingerprint density at radius 2 is 1.94 bits per heavy atom. The SMILES string of the molecule is COc1cn(CC(=O)Nc2cc(C(F)(F)F)ccc2Cl)c(CN2CCC(C)CC2)cc1=O. The van der Waals surface area contributed by atoms with E-state index < -0.39 is 17.6 Å². The summed E-state index contributed by atoms with van der Waals surface area (Å²) >= 11 is 5.98. The minimum absolute atomic E-state index is 0.00787. The van der Waals surface area contributed by atoms with E-state index in [1.165, 1.54) is 19.4 Å². The second-order valence-electron chi connectivity index (χ2n) is 8.02. The highest BCUT2D eigenvalue weighted by atomic mass is 35.5. The number of halogens is 4. The maximum absolute atomic E-state index is 13.0. The van der Waals surface area contributed by atoms with Crippen molar-refractivity contribution in [3.05, 3.63) is 57.0 Å². The summed E-state index contributed by atoms with van der Waals surface area (Å²) in [5.74, 6) is 0.142. The van der Waals surface area contributed by atoms with Crippen molar-refractivity contribution in [3.8, 4) is 5.75 Å². The molecule has 1 fully saturated rings. The molecule has 1 saturated heterocycles. The van der Waals surface area contributed by atoms with E-state index in [1.807, 2.05) is 0 Å². The molecule has 32 heavy (non-hydrogen) atoms. The van der Waals surface area contributed by atoms with Crippen molar-refractivity contribution in [1.82, 2.24) is 9.47 Å². The number of rotatable bonds is 6. The Hall–Kier alpha value is -2.52. The third-order valence-electron chi connectivity index (χ3n) is 5.55. The summed E-state index contributed by atoms with van der Waals surface area (Å²) in [6.07, 6.45) is -1.02. The topological polar surface area (TPSA) is 63.6 Å². The molecule has 0 bridgehead atoms. The molecule has 0 unspecified atom stereocenters. The Kier molecular flexibility index (Phi) is 7.51. The Balaban J connectivity index is 1.81. The zero-order valence-corrected chi connectivity index (χ0v) is 18.6. The van der Waals surface area contributed by atoms with Gasteiger partial charge in [-0.1, -0.05) is 18.5 Å². The molecule has 1 amide bonds. The predicted molar refractivity (Wildman–Crippen MR) is 116 cm³/mol. The fourth-order valence-corrected chi connectivity index (χ4v) is 3.79. The number of benzene rings is 1. The van der Waals surface area contributed by atoms with Crippen LogP contribution in [0.4, 0.5) is 18.9 Å². The van der Waals surface area contributed by atoms with Crippen LogP contribution in [0.1, 0.15) is 31.0 Å². The molecule has 1 aromatic heterocycles. The van der Waals surface area contributed by atoms with Gasteiger partial charge in [-0.15, -0.1) is 0 Å². The number of likely N-dealkylation sites (tertiary alicyclic amines) is 1. The van der Waals surface area contributed by atoms with E-state index in [4.69, 9.17) is 16.3 Å². The second-order valence-corrected chi connectivity index (χ2v) is 8.43. The van der Waals surface area contributed by atoms with Crippen molar-refractivity contribution in [2.75, 3.05) is 25.5 Å². The number of amides is 1. The molecular formula is C22H25ClF3N3O3. The van der Waals surface area contributed by atoms with Crippen molar-refractivity contribution < 1.29 is 22.7 Å². The van der Waals surface area contributed by atoms with Crippen LogP contribution in [-0.4, -0.2) is 35.6 Å². The Morgan fingerprint density at radius 1 is 1.25 bits per heavy atom. The van der Waals surface area contributed by atoms with E-state index >= 15 is 0 Å². The third-order valence-corrected chi connectivity index (χ3v) is 5.88. The van der Waals surface area contributed by atoms with Crippen LogP contribution in [0.2, 0.25) is 5.02 Å². The molecule has 0 saturated carbocycles. The van der Waals surface area contributed by atoms with E-state index in [-0.39, 0.29) is 28.4 Å². The number of alkyl halides is 3. The minimum Gasteiger partial charge on any atom is -0.491 e. The summed E-state index contributed by atoms with van der Waals surface area (Å²) in [5.41, 5.74) is -0.727. The number of hydrogen-bond acceptors (Lipinski definition) is 4. The summed E-state index contributed by atoms with van der Waals surface area (Å²) in [4.78, 5) is 27.2. The molecule has 0 spiro atoms. The van der Waals surface area contributed by atoms with E-state index in [9.17, 15) is 22.8 Å². The van der Waals surface area contributed by atoms with Gasteiger partial charge in [0.1, 0.15) is 6.54 Å². The number of piperidine rings is 1. The molecule has 10 heteroatoms. The number of nitrogens with zero attached hydrogens (tertiary/aromatic N) is 2. The molecule has 3 rings (SSSR count). The summed E-state index contributed by atoms with van der Waals surface area (Å²) in [6, 6.07) is 4.16. The van der Waals surface area contributed by atoms with Crippen LogP contribution >= 0.6 is 11.6 Å². The number of pyridine rings is 1. The minimum atomic E-state index is -4.56. The van der Waals surface area contributed by atoms with Gasteiger partial charge in [-0.05, 0) is 50.0 Å². The van der Waals surface area contributed by atoms with Gasteiger partial charge in [-0.3, -0.25) is 14.5 Å². The molecule has 1 aliphatic heterocycles. The maximum atomic E-state index is 13.0. The number of ether oxygens (including phenoxy) is 1. The Bertz CT molecular complexity index is 1030. The number of methoxy groups -OCH3 is 1. The van der Waals surface area contributed by atoms with E-state index in [1.54, 1.807) is 4.57 Å². The zero-order chi connectivity index (χ0) is 23.5. The third kappa shape index (κ3) is 6.04. The molecule has 1 aliphatic rings. The molecule has 1 aromatic carbocycles. The smallest absolute Gasteiger partial charge is 0.416 e. The van der Waals surface area contributed by atoms with Gasteiger partial charge in [0.15, 0.2) is 5.75 Å². The number of carbonyl (C=O) groups is 1. The summed E-state index contributed by atoms with van der Waals surface area (Å²) in [5, 5.41) is 2.43. The fourth-order valence-electron chi connectivity index (χ4n) is 3.62. The number of nitrogens with one attached hydrogen (secondary N) is 1. The maximum Gasteiger partial charge on any atom is 0.416 e. The number of carbonyl (C=O) groups excluding carboxylic acids is 1. The monoisotopic (exact) mass is 471 g/mol. The standard InChI is InChI=1S/C22H25ClF3N3O3/c1-14-5-7-28(8-6-14)11-16-10-19(30)20(32-2)12-29(16)13-21(31)27-18-9-15(22(24,25)26)3-4-17(18)23/h3-4,9-10,12,14H,5-8,11,13H2,1-2H3,(H,27,31). The quantitative estimate of drug-likeness (QED) is 0.678. The molecule has 0 radical (unpaired) electrons. The van der Waals surface area contributed by atoms with Crippen LogP contribution in [-0.2, 0) is 24.1 Å². The van der Waals surface area contributed by atoms with Crippen LogP contribution in [0.15, 0.2) is 35.3 Å². The van der Waals surface area contributed by atoms with E-state index in [0.29, 0.717) is 18.2 Å². The summed E-state index contributed by atoms with van der Waals surface area (Å²) < 4.78 is 45.7. The van der Waals surface area contributed by atoms with Crippen molar-refractivity contribution in [2.24, 2.45) is 5.92 Å². The van der Waals surface area contributed by atoms with Gasteiger partial charge in [0.05, 0.1) is 29.6 Å². The largest absolute Gasteiger partial charge is 0.491 e. The lowest BCUT2D eigenvalue weighted by Gasteiger charge is -2.31. The van der Waals surface area contributed by atoms with Gasteiger partial charge in [0.2, 0.25) is 11.3 Å². The van der Waals surface area contributed by atoms with Gasteiger partial charge in [-0.2, -0.15) is 13.2 Å². The highest BCUT2D eigenvalue weighted by Crippen LogP contribution is 2.33. The number of hydrogen-bond donors (Lipinski definition) is 1. The lowest BCUT2D eigenvalue weighted by molar-refractivity contribution is -0.137. The summed E-state index contributed by atoms with van der Waals surface area (Å²) in [7, 11) is 1.36. The van der Waals surface area contributed by atoms with Crippen LogP contribution in [0.3, 0.4) is 0 Å². The molecule has 6 nitrogen and oxygen atoms in total. The fraction of sp³-hybridized carbons (Fsp3) is 0.455. The van der Waals surface area contributed by atoms with Gasteiger partial charge in [0, 0.05) is 18.3 Å². The first kappa shape index (κ1) is 24.1. The van der Waals surface area contributed by atoms with Crippen LogP contribution in [0.5, 0.6) is 5.75 Å². The number of anilines is 1. The highest BCUT2D eigenvalue weighted by Gasteiger charge is 2.31. The van der Waals surface area contributed by atoms with Gasteiger partial charge in [-0.25, -0.2) is 0 Å².